The summed E-state index contributed by atoms with van der Waals surface area (Å²) in [6.07, 6.45) is 0.638. The molecule has 3 aromatic rings. The number of benzene rings is 2. The van der Waals surface area contributed by atoms with Crippen LogP contribution in [-0.2, 0) is 13.1 Å². The van der Waals surface area contributed by atoms with E-state index in [2.05, 4.69) is 5.32 Å². The predicted octanol–water partition coefficient (Wildman–Crippen LogP) is 3.04. The average molecular weight is 501 g/mol. The van der Waals surface area contributed by atoms with Crippen molar-refractivity contribution in [3.05, 3.63) is 97.4 Å². The highest BCUT2D eigenvalue weighted by Gasteiger charge is 2.44. The van der Waals surface area contributed by atoms with E-state index in [1.807, 2.05) is 6.07 Å². The molecule has 2 amide bonds. The van der Waals surface area contributed by atoms with Crippen LogP contribution in [0.4, 0.5) is 8.78 Å². The van der Waals surface area contributed by atoms with Crippen LogP contribution in [0.2, 0.25) is 5.02 Å². The third-order valence-electron chi connectivity index (χ3n) is 6.24. The van der Waals surface area contributed by atoms with Crippen LogP contribution >= 0.6 is 11.6 Å². The molecule has 0 fully saturated rings. The van der Waals surface area contributed by atoms with Gasteiger partial charge in [-0.3, -0.25) is 24.1 Å². The SMILES string of the molecule is CCN1C(=O)c2c(O)c(=O)c(C(=O)NCc3ccc(F)cc3F)cn2N2Cc3ccc(Cl)cc3[C@@H]12. The molecule has 0 radical (unpaired) electrons. The van der Waals surface area contributed by atoms with Gasteiger partial charge < -0.3 is 15.3 Å². The third kappa shape index (κ3) is 3.61. The van der Waals surface area contributed by atoms with Crippen molar-refractivity contribution in [3.63, 3.8) is 0 Å². The Balaban J connectivity index is 1.55. The zero-order valence-corrected chi connectivity index (χ0v) is 19.1. The first kappa shape index (κ1) is 22.9. The summed E-state index contributed by atoms with van der Waals surface area (Å²) in [6, 6.07) is 8.23. The molecule has 2 aliphatic rings. The number of aromatic nitrogens is 1. The van der Waals surface area contributed by atoms with E-state index in [-0.39, 0.29) is 17.8 Å². The van der Waals surface area contributed by atoms with Gasteiger partial charge in [-0.25, -0.2) is 8.78 Å². The Morgan fingerprint density at radius 1 is 1.20 bits per heavy atom. The van der Waals surface area contributed by atoms with Crippen LogP contribution in [0.3, 0.4) is 0 Å². The summed E-state index contributed by atoms with van der Waals surface area (Å²) in [4.78, 5) is 40.5. The first-order valence-electron chi connectivity index (χ1n) is 10.8. The average Bonchev–Trinajstić information content (AvgIpc) is 3.19. The Morgan fingerprint density at radius 2 is 1.97 bits per heavy atom. The van der Waals surface area contributed by atoms with E-state index in [9.17, 15) is 28.3 Å². The number of nitrogens with one attached hydrogen (secondary N) is 1. The molecule has 0 aliphatic carbocycles. The topological polar surface area (TPSA) is 94.9 Å². The molecule has 8 nitrogen and oxygen atoms in total. The van der Waals surface area contributed by atoms with E-state index in [1.54, 1.807) is 24.1 Å². The number of rotatable bonds is 4. The summed E-state index contributed by atoms with van der Waals surface area (Å²) in [7, 11) is 0. The van der Waals surface area contributed by atoms with Crippen molar-refractivity contribution in [1.29, 1.82) is 0 Å². The van der Waals surface area contributed by atoms with Gasteiger partial charge >= 0.3 is 0 Å². The number of halogens is 3. The van der Waals surface area contributed by atoms with E-state index in [0.717, 1.165) is 17.2 Å². The quantitative estimate of drug-likeness (QED) is 0.574. The van der Waals surface area contributed by atoms with Gasteiger partial charge in [0.05, 0.1) is 6.54 Å². The number of pyridine rings is 1. The maximum Gasteiger partial charge on any atom is 0.278 e. The summed E-state index contributed by atoms with van der Waals surface area (Å²) in [6.45, 7) is 2.09. The lowest BCUT2D eigenvalue weighted by Crippen LogP contribution is -2.53. The lowest BCUT2D eigenvalue weighted by atomic mass is 10.1. The Hall–Kier alpha value is -3.92. The molecule has 35 heavy (non-hydrogen) atoms. The number of carbonyl (C=O) groups excluding carboxylic acids is 2. The van der Waals surface area contributed by atoms with E-state index >= 15 is 0 Å². The summed E-state index contributed by atoms with van der Waals surface area (Å²) < 4.78 is 28.4. The summed E-state index contributed by atoms with van der Waals surface area (Å²) in [5, 5.41) is 15.3. The zero-order chi connectivity index (χ0) is 25.0. The van der Waals surface area contributed by atoms with Crippen molar-refractivity contribution in [2.45, 2.75) is 26.2 Å². The van der Waals surface area contributed by atoms with Gasteiger partial charge in [-0.05, 0) is 30.7 Å². The fourth-order valence-corrected chi connectivity index (χ4v) is 4.73. The molecular weight excluding hydrogens is 482 g/mol. The minimum Gasteiger partial charge on any atom is -0.502 e. The predicted molar refractivity (Wildman–Crippen MR) is 123 cm³/mol. The summed E-state index contributed by atoms with van der Waals surface area (Å²) in [5.74, 6) is -3.93. The fourth-order valence-electron chi connectivity index (χ4n) is 4.55. The number of carbonyl (C=O) groups is 2. The van der Waals surface area contributed by atoms with Gasteiger partial charge in [0, 0.05) is 41.5 Å². The normalized spacial score (nSPS) is 16.1. The van der Waals surface area contributed by atoms with Gasteiger partial charge in [0.2, 0.25) is 5.43 Å². The molecule has 0 spiro atoms. The van der Waals surface area contributed by atoms with Gasteiger partial charge in [0.15, 0.2) is 11.4 Å². The third-order valence-corrected chi connectivity index (χ3v) is 6.48. The Labute approximate surface area is 202 Å². The van der Waals surface area contributed by atoms with Crippen LogP contribution in [0.15, 0.2) is 47.4 Å². The van der Waals surface area contributed by atoms with Crippen LogP contribution in [0, 0.1) is 11.6 Å². The number of fused-ring (bicyclic) bond motifs is 5. The fraction of sp³-hybridized carbons (Fsp3) is 0.208. The largest absolute Gasteiger partial charge is 0.502 e. The molecule has 2 aliphatic heterocycles. The van der Waals surface area contributed by atoms with Crippen LogP contribution in [-0.4, -0.2) is 33.0 Å². The van der Waals surface area contributed by atoms with Crippen LogP contribution < -0.4 is 15.8 Å². The van der Waals surface area contributed by atoms with Crippen molar-refractivity contribution in [1.82, 2.24) is 14.9 Å². The second-order valence-electron chi connectivity index (χ2n) is 8.24. The van der Waals surface area contributed by atoms with Crippen molar-refractivity contribution >= 4 is 23.4 Å². The highest BCUT2D eigenvalue weighted by molar-refractivity contribution is 6.30. The Kier molecular flexibility index (Phi) is 5.47. The van der Waals surface area contributed by atoms with E-state index in [1.165, 1.54) is 21.8 Å². The molecule has 0 bridgehead atoms. The second-order valence-corrected chi connectivity index (χ2v) is 8.67. The first-order valence-corrected chi connectivity index (χ1v) is 11.2. The van der Waals surface area contributed by atoms with E-state index in [4.69, 9.17) is 11.6 Å². The molecule has 180 valence electrons. The molecular formula is C24H19ClF2N4O4. The first-order chi connectivity index (χ1) is 16.7. The molecule has 11 heteroatoms. The minimum atomic E-state index is -1.03. The highest BCUT2D eigenvalue weighted by atomic mass is 35.5. The van der Waals surface area contributed by atoms with Gasteiger partial charge in [0.1, 0.15) is 23.4 Å². The molecule has 0 saturated heterocycles. The standard InChI is InChI=1S/C24H19ClF2N4O4/c1-2-29-23-16-7-14(25)5-3-13(16)10-31(23)30-11-17(20(32)21(33)19(30)24(29)35)22(34)28-9-12-4-6-15(26)8-18(12)27/h3-8,11,23,33H,2,9-10H2,1H3,(H,28,34)/t23-/m0/s1. The number of aromatic hydroxyl groups is 1. The molecule has 3 heterocycles. The molecule has 2 aromatic carbocycles. The Bertz CT molecular complexity index is 1460. The Morgan fingerprint density at radius 3 is 2.69 bits per heavy atom. The number of hydrogen-bond donors (Lipinski definition) is 2. The molecule has 1 atom stereocenters. The number of amides is 2. The van der Waals surface area contributed by atoms with Crippen LogP contribution in [0.5, 0.6) is 5.75 Å². The summed E-state index contributed by atoms with van der Waals surface area (Å²) in [5.41, 5.74) is -0.00476. The van der Waals surface area contributed by atoms with Crippen molar-refractivity contribution in [3.8, 4) is 5.75 Å². The minimum absolute atomic E-state index is 0.0164. The van der Waals surface area contributed by atoms with Crippen molar-refractivity contribution in [2.75, 3.05) is 11.6 Å². The second kappa shape index (κ2) is 8.38. The molecule has 2 N–H and O–H groups in total. The van der Waals surface area contributed by atoms with Crippen LogP contribution in [0.25, 0.3) is 0 Å². The molecule has 1 aromatic heterocycles. The van der Waals surface area contributed by atoms with E-state index < -0.39 is 46.4 Å². The molecule has 0 unspecified atom stereocenters. The van der Waals surface area contributed by atoms with Crippen LogP contribution in [0.1, 0.15) is 50.6 Å². The van der Waals surface area contributed by atoms with Gasteiger partial charge in [-0.15, -0.1) is 0 Å². The lowest BCUT2D eigenvalue weighted by Gasteiger charge is -2.43. The number of nitrogens with zero attached hydrogens (tertiary/aromatic N) is 3. The van der Waals surface area contributed by atoms with Gasteiger partial charge in [-0.1, -0.05) is 23.7 Å². The lowest BCUT2D eigenvalue weighted by molar-refractivity contribution is 0.0590. The van der Waals surface area contributed by atoms with Crippen molar-refractivity contribution < 1.29 is 23.5 Å². The van der Waals surface area contributed by atoms with Gasteiger partial charge in [0.25, 0.3) is 11.8 Å². The monoisotopic (exact) mass is 500 g/mol. The molecule has 0 saturated carbocycles. The smallest absolute Gasteiger partial charge is 0.278 e. The maximum absolute atomic E-state index is 13.9. The zero-order valence-electron chi connectivity index (χ0n) is 18.4. The van der Waals surface area contributed by atoms with Crippen molar-refractivity contribution in [2.24, 2.45) is 0 Å². The van der Waals surface area contributed by atoms with Gasteiger partial charge in [-0.2, -0.15) is 0 Å². The summed E-state index contributed by atoms with van der Waals surface area (Å²) >= 11 is 6.19. The van der Waals surface area contributed by atoms with E-state index in [0.29, 0.717) is 24.2 Å². The molecule has 5 rings (SSSR count). The highest BCUT2D eigenvalue weighted by Crippen LogP contribution is 2.41. The maximum atomic E-state index is 13.9. The number of hydrogen-bond acceptors (Lipinski definition) is 5.